The molecule has 1 aliphatic rings. The van der Waals surface area contributed by atoms with Crippen LogP contribution in [0.25, 0.3) is 0 Å². The summed E-state index contributed by atoms with van der Waals surface area (Å²) in [6, 6.07) is 11.7. The fourth-order valence-corrected chi connectivity index (χ4v) is 4.59. The van der Waals surface area contributed by atoms with Crippen molar-refractivity contribution in [2.24, 2.45) is 0 Å². The summed E-state index contributed by atoms with van der Waals surface area (Å²) in [5, 5.41) is 0. The molecule has 0 bridgehead atoms. The van der Waals surface area contributed by atoms with Crippen LogP contribution in [0.3, 0.4) is 0 Å². The minimum absolute atomic E-state index is 0.0760. The van der Waals surface area contributed by atoms with Crippen LogP contribution in [0.1, 0.15) is 30.7 Å². The molecule has 1 aromatic carbocycles. The van der Waals surface area contributed by atoms with E-state index in [4.69, 9.17) is 4.42 Å². The van der Waals surface area contributed by atoms with Crippen LogP contribution in [0.5, 0.6) is 0 Å². The second kappa shape index (κ2) is 6.37. The monoisotopic (exact) mass is 334 g/mol. The van der Waals surface area contributed by atoms with Gasteiger partial charge in [-0.1, -0.05) is 18.2 Å². The van der Waals surface area contributed by atoms with Gasteiger partial charge < -0.3 is 4.42 Å². The highest BCUT2D eigenvalue weighted by atomic mass is 32.2. The minimum Gasteiger partial charge on any atom is -0.468 e. The van der Waals surface area contributed by atoms with Crippen molar-refractivity contribution in [1.82, 2.24) is 4.90 Å². The predicted molar refractivity (Wildman–Crippen MR) is 90.8 cm³/mol. The lowest BCUT2D eigenvalue weighted by molar-refractivity contribution is 0.233. The van der Waals surface area contributed by atoms with Gasteiger partial charge in [0.25, 0.3) is 0 Å². The van der Waals surface area contributed by atoms with Gasteiger partial charge in [-0.05, 0) is 44.2 Å². The van der Waals surface area contributed by atoms with E-state index in [0.29, 0.717) is 19.5 Å². The first-order chi connectivity index (χ1) is 11.0. The normalized spacial score (nSPS) is 18.5. The van der Waals surface area contributed by atoms with Gasteiger partial charge in [-0.25, -0.2) is 8.42 Å². The van der Waals surface area contributed by atoms with Gasteiger partial charge >= 0.3 is 0 Å². The van der Waals surface area contributed by atoms with E-state index in [9.17, 15) is 8.42 Å². The molecule has 0 aliphatic carbocycles. The van der Waals surface area contributed by atoms with Crippen LogP contribution in [-0.2, 0) is 16.6 Å². The first-order valence-corrected chi connectivity index (χ1v) is 9.42. The van der Waals surface area contributed by atoms with E-state index in [1.54, 1.807) is 10.6 Å². The Hall–Kier alpha value is -1.79. The van der Waals surface area contributed by atoms with Gasteiger partial charge in [0.1, 0.15) is 5.76 Å². The maximum absolute atomic E-state index is 12.3. The first kappa shape index (κ1) is 16.1. The van der Waals surface area contributed by atoms with Crippen LogP contribution in [-0.4, -0.2) is 32.7 Å². The molecule has 1 saturated heterocycles. The molecule has 23 heavy (non-hydrogen) atoms. The molecule has 5 nitrogen and oxygen atoms in total. The highest BCUT2D eigenvalue weighted by molar-refractivity contribution is 7.93. The summed E-state index contributed by atoms with van der Waals surface area (Å²) >= 11 is 0. The molecule has 0 spiro atoms. The van der Waals surface area contributed by atoms with E-state index in [1.165, 1.54) is 0 Å². The zero-order valence-corrected chi connectivity index (χ0v) is 14.3. The second-order valence-corrected chi connectivity index (χ2v) is 7.98. The van der Waals surface area contributed by atoms with Crippen molar-refractivity contribution >= 4 is 15.7 Å². The molecule has 3 rings (SSSR count). The van der Waals surface area contributed by atoms with Crippen molar-refractivity contribution < 1.29 is 12.8 Å². The van der Waals surface area contributed by atoms with Crippen LogP contribution < -0.4 is 4.31 Å². The summed E-state index contributed by atoms with van der Waals surface area (Å²) in [7, 11) is -1.16. The maximum Gasteiger partial charge on any atom is 0.235 e. The number of anilines is 1. The molecule has 1 aromatic heterocycles. The van der Waals surface area contributed by atoms with E-state index < -0.39 is 10.0 Å². The Morgan fingerprint density at radius 1 is 1.26 bits per heavy atom. The van der Waals surface area contributed by atoms with E-state index >= 15 is 0 Å². The van der Waals surface area contributed by atoms with Crippen LogP contribution in [0.2, 0.25) is 0 Å². The highest BCUT2D eigenvalue weighted by Crippen LogP contribution is 2.33. The Bertz CT molecular complexity index is 756. The molecule has 0 radical (unpaired) electrons. The SMILES string of the molecule is C[C@H](c1ccccc1N1CCCS1(=O)=O)N(C)Cc1ccco1. The Morgan fingerprint density at radius 3 is 2.70 bits per heavy atom. The molecule has 0 saturated carbocycles. The number of rotatable bonds is 5. The van der Waals surface area contributed by atoms with Gasteiger partial charge in [-0.2, -0.15) is 0 Å². The third kappa shape index (κ3) is 3.28. The van der Waals surface area contributed by atoms with Crippen LogP contribution in [0.4, 0.5) is 5.69 Å². The van der Waals surface area contributed by atoms with Gasteiger partial charge in [0.2, 0.25) is 10.0 Å². The maximum atomic E-state index is 12.3. The molecule has 0 unspecified atom stereocenters. The number of para-hydroxylation sites is 1. The highest BCUT2D eigenvalue weighted by Gasteiger charge is 2.31. The van der Waals surface area contributed by atoms with Crippen molar-refractivity contribution in [3.8, 4) is 0 Å². The molecule has 1 atom stereocenters. The quantitative estimate of drug-likeness (QED) is 0.843. The van der Waals surface area contributed by atoms with Crippen LogP contribution >= 0.6 is 0 Å². The predicted octanol–water partition coefficient (Wildman–Crippen LogP) is 3.01. The van der Waals surface area contributed by atoms with E-state index in [0.717, 1.165) is 17.0 Å². The lowest BCUT2D eigenvalue weighted by Crippen LogP contribution is -2.29. The Balaban J connectivity index is 1.87. The summed E-state index contributed by atoms with van der Waals surface area (Å²) < 4.78 is 31.5. The molecular formula is C17H22N2O3S. The number of sulfonamides is 1. The van der Waals surface area contributed by atoms with Gasteiger partial charge in [0.05, 0.1) is 24.2 Å². The van der Waals surface area contributed by atoms with E-state index in [2.05, 4.69) is 11.8 Å². The van der Waals surface area contributed by atoms with Crippen LogP contribution in [0.15, 0.2) is 47.1 Å². The van der Waals surface area contributed by atoms with Crippen LogP contribution in [0, 0.1) is 0 Å². The molecule has 2 heterocycles. The zero-order chi connectivity index (χ0) is 16.4. The molecule has 6 heteroatoms. The first-order valence-electron chi connectivity index (χ1n) is 7.81. The van der Waals surface area contributed by atoms with Crippen molar-refractivity contribution in [2.75, 3.05) is 23.7 Å². The summed E-state index contributed by atoms with van der Waals surface area (Å²) in [6.07, 6.45) is 2.35. The van der Waals surface area contributed by atoms with Crippen molar-refractivity contribution in [1.29, 1.82) is 0 Å². The van der Waals surface area contributed by atoms with Crippen molar-refractivity contribution in [2.45, 2.75) is 25.9 Å². The molecule has 1 aliphatic heterocycles. The Kier molecular flexibility index (Phi) is 4.46. The molecule has 1 fully saturated rings. The summed E-state index contributed by atoms with van der Waals surface area (Å²) in [4.78, 5) is 2.15. The standard InChI is InChI=1S/C17H22N2O3S/c1-14(18(2)13-15-7-5-11-22-15)16-8-3-4-9-17(16)19-10-6-12-23(19,20)21/h3-5,7-9,11,14H,6,10,12-13H2,1-2H3/t14-/m1/s1. The number of hydrogen-bond donors (Lipinski definition) is 0. The lowest BCUT2D eigenvalue weighted by Gasteiger charge is -2.29. The minimum atomic E-state index is -3.18. The number of nitrogens with zero attached hydrogens (tertiary/aromatic N) is 2. The zero-order valence-electron chi connectivity index (χ0n) is 13.5. The van der Waals surface area contributed by atoms with E-state index in [1.807, 2.05) is 43.4 Å². The summed E-state index contributed by atoms with van der Waals surface area (Å²) in [6.45, 7) is 3.33. The number of hydrogen-bond acceptors (Lipinski definition) is 4. The Morgan fingerprint density at radius 2 is 2.04 bits per heavy atom. The third-order valence-electron chi connectivity index (χ3n) is 4.40. The number of furan rings is 1. The third-order valence-corrected chi connectivity index (χ3v) is 6.26. The van der Waals surface area contributed by atoms with Gasteiger partial charge in [0.15, 0.2) is 0 Å². The topological polar surface area (TPSA) is 53.8 Å². The Labute approximate surface area is 137 Å². The van der Waals surface area contributed by atoms with E-state index in [-0.39, 0.29) is 11.8 Å². The van der Waals surface area contributed by atoms with Gasteiger partial charge in [0, 0.05) is 12.6 Å². The average Bonchev–Trinajstić information content (AvgIpc) is 3.15. The largest absolute Gasteiger partial charge is 0.468 e. The fraction of sp³-hybridized carbons (Fsp3) is 0.412. The van der Waals surface area contributed by atoms with Crippen molar-refractivity contribution in [3.05, 3.63) is 54.0 Å². The molecular weight excluding hydrogens is 312 g/mol. The molecule has 0 N–H and O–H groups in total. The molecule has 124 valence electrons. The summed E-state index contributed by atoms with van der Waals surface area (Å²) in [5.41, 5.74) is 1.82. The lowest BCUT2D eigenvalue weighted by atomic mass is 10.0. The van der Waals surface area contributed by atoms with Crippen molar-refractivity contribution in [3.63, 3.8) is 0 Å². The average molecular weight is 334 g/mol. The molecule has 0 amide bonds. The second-order valence-electron chi connectivity index (χ2n) is 5.97. The van der Waals surface area contributed by atoms with Gasteiger partial charge in [-0.15, -0.1) is 0 Å². The fourth-order valence-electron chi connectivity index (χ4n) is 3.00. The number of benzene rings is 1. The molecule has 2 aromatic rings. The smallest absolute Gasteiger partial charge is 0.235 e. The van der Waals surface area contributed by atoms with Gasteiger partial charge in [-0.3, -0.25) is 9.21 Å². The summed E-state index contributed by atoms with van der Waals surface area (Å²) in [5.74, 6) is 1.13.